The SMILES string of the molecule is CC(C)NC(=O)O.Cc1cc(CC(=O)Nc2cc(C3CCCO3)[nH]n2)on1. The number of hydrogen-bond donors (Lipinski definition) is 4. The summed E-state index contributed by atoms with van der Waals surface area (Å²) in [5.41, 5.74) is 1.65. The molecule has 27 heavy (non-hydrogen) atoms. The van der Waals surface area contributed by atoms with Crippen molar-refractivity contribution in [1.82, 2.24) is 20.7 Å². The van der Waals surface area contributed by atoms with Gasteiger partial charge in [0, 0.05) is 24.8 Å². The van der Waals surface area contributed by atoms with E-state index >= 15 is 0 Å². The number of aromatic nitrogens is 3. The predicted molar refractivity (Wildman–Crippen MR) is 96.4 cm³/mol. The summed E-state index contributed by atoms with van der Waals surface area (Å²) in [7, 11) is 0. The van der Waals surface area contributed by atoms with Gasteiger partial charge in [-0.25, -0.2) is 4.79 Å². The zero-order chi connectivity index (χ0) is 19.8. The number of carbonyl (C=O) groups is 2. The van der Waals surface area contributed by atoms with E-state index in [4.69, 9.17) is 14.4 Å². The topological polar surface area (TPSA) is 142 Å². The fraction of sp³-hybridized carbons (Fsp3) is 0.529. The second-order valence-electron chi connectivity index (χ2n) is 6.47. The largest absolute Gasteiger partial charge is 0.465 e. The van der Waals surface area contributed by atoms with Crippen LogP contribution in [0.1, 0.15) is 49.9 Å². The number of amides is 2. The Labute approximate surface area is 156 Å². The number of aryl methyl sites for hydroxylation is 1. The number of ether oxygens (including phenoxy) is 1. The quantitative estimate of drug-likeness (QED) is 0.624. The van der Waals surface area contributed by atoms with Crippen molar-refractivity contribution in [2.45, 2.75) is 52.2 Å². The van der Waals surface area contributed by atoms with Crippen LogP contribution < -0.4 is 10.6 Å². The molecule has 0 aliphatic carbocycles. The molecule has 1 fully saturated rings. The molecule has 2 aromatic heterocycles. The molecule has 10 nitrogen and oxygen atoms in total. The van der Waals surface area contributed by atoms with E-state index in [1.54, 1.807) is 26.0 Å². The lowest BCUT2D eigenvalue weighted by Gasteiger charge is -2.04. The number of carboxylic acid groups (broad SMARTS) is 1. The minimum atomic E-state index is -0.963. The lowest BCUT2D eigenvalue weighted by atomic mass is 10.2. The van der Waals surface area contributed by atoms with Gasteiger partial charge in [-0.15, -0.1) is 0 Å². The van der Waals surface area contributed by atoms with E-state index in [0.29, 0.717) is 11.6 Å². The van der Waals surface area contributed by atoms with Crippen molar-refractivity contribution >= 4 is 17.8 Å². The Morgan fingerprint density at radius 3 is 2.70 bits per heavy atom. The van der Waals surface area contributed by atoms with Crippen LogP contribution in [0.4, 0.5) is 10.6 Å². The van der Waals surface area contributed by atoms with Crippen molar-refractivity contribution in [1.29, 1.82) is 0 Å². The van der Waals surface area contributed by atoms with E-state index in [9.17, 15) is 9.59 Å². The fourth-order valence-electron chi connectivity index (χ4n) is 2.48. The van der Waals surface area contributed by atoms with Gasteiger partial charge in [-0.1, -0.05) is 5.16 Å². The molecule has 2 aromatic rings. The van der Waals surface area contributed by atoms with Gasteiger partial charge in [0.15, 0.2) is 5.82 Å². The maximum absolute atomic E-state index is 11.8. The van der Waals surface area contributed by atoms with E-state index in [1.165, 1.54) is 0 Å². The third kappa shape index (κ3) is 7.10. The highest BCUT2D eigenvalue weighted by Crippen LogP contribution is 2.28. The van der Waals surface area contributed by atoms with Crippen LogP contribution in [-0.4, -0.2) is 45.1 Å². The Morgan fingerprint density at radius 1 is 1.41 bits per heavy atom. The zero-order valence-electron chi connectivity index (χ0n) is 15.6. The van der Waals surface area contributed by atoms with Gasteiger partial charge in [-0.05, 0) is 33.6 Å². The average Bonchev–Trinajstić information content (AvgIpc) is 3.28. The number of nitrogens with one attached hydrogen (secondary N) is 3. The predicted octanol–water partition coefficient (Wildman–Crippen LogP) is 2.40. The monoisotopic (exact) mass is 379 g/mol. The van der Waals surface area contributed by atoms with Crippen LogP contribution in [-0.2, 0) is 16.0 Å². The van der Waals surface area contributed by atoms with Crippen LogP contribution >= 0.6 is 0 Å². The Morgan fingerprint density at radius 2 is 2.19 bits per heavy atom. The molecule has 3 rings (SSSR count). The van der Waals surface area contributed by atoms with Crippen molar-refractivity contribution in [3.05, 3.63) is 29.3 Å². The van der Waals surface area contributed by atoms with Crippen LogP contribution in [0.5, 0.6) is 0 Å². The highest BCUT2D eigenvalue weighted by molar-refractivity contribution is 5.91. The summed E-state index contributed by atoms with van der Waals surface area (Å²) in [6.07, 6.45) is 1.27. The Hall–Kier alpha value is -2.88. The molecule has 0 bridgehead atoms. The van der Waals surface area contributed by atoms with Crippen LogP contribution in [0.3, 0.4) is 0 Å². The van der Waals surface area contributed by atoms with Gasteiger partial charge in [0.25, 0.3) is 0 Å². The third-order valence-electron chi connectivity index (χ3n) is 3.57. The molecular formula is C17H25N5O5. The van der Waals surface area contributed by atoms with E-state index in [2.05, 4.69) is 26.0 Å². The minimum Gasteiger partial charge on any atom is -0.465 e. The molecular weight excluding hydrogens is 354 g/mol. The molecule has 148 valence electrons. The number of hydrogen-bond acceptors (Lipinski definition) is 6. The summed E-state index contributed by atoms with van der Waals surface area (Å²) in [5, 5.41) is 23.6. The first-order chi connectivity index (χ1) is 12.8. The van der Waals surface area contributed by atoms with E-state index < -0.39 is 6.09 Å². The standard InChI is InChI=1S/C13H16N4O3.C4H9NO2/c1-8-5-9(20-17-8)6-13(18)14-12-7-10(15-16-12)11-3-2-4-19-11;1-3(2)5-4(6)7/h5,7,11H,2-4,6H2,1H3,(H2,14,15,16,18);3,5H,1-2H3,(H,6,7). The lowest BCUT2D eigenvalue weighted by molar-refractivity contribution is -0.115. The van der Waals surface area contributed by atoms with Crippen molar-refractivity contribution < 1.29 is 24.0 Å². The number of carbonyl (C=O) groups excluding carboxylic acids is 1. The van der Waals surface area contributed by atoms with E-state index in [-0.39, 0.29) is 24.5 Å². The summed E-state index contributed by atoms with van der Waals surface area (Å²) in [6.45, 7) is 6.13. The van der Waals surface area contributed by atoms with Gasteiger partial charge < -0.3 is 25.0 Å². The second-order valence-corrected chi connectivity index (χ2v) is 6.47. The molecule has 0 radical (unpaired) electrons. The van der Waals surface area contributed by atoms with Gasteiger partial charge in [0.1, 0.15) is 5.76 Å². The Balaban J connectivity index is 0.000000321. The molecule has 1 aliphatic rings. The highest BCUT2D eigenvalue weighted by atomic mass is 16.5. The number of nitrogens with zero attached hydrogens (tertiary/aromatic N) is 2. The van der Waals surface area contributed by atoms with Crippen molar-refractivity contribution in [3.8, 4) is 0 Å². The van der Waals surface area contributed by atoms with Crippen LogP contribution in [0.25, 0.3) is 0 Å². The molecule has 4 N–H and O–H groups in total. The third-order valence-corrected chi connectivity index (χ3v) is 3.57. The maximum atomic E-state index is 11.8. The smallest absolute Gasteiger partial charge is 0.404 e. The summed E-state index contributed by atoms with van der Waals surface area (Å²) in [5.74, 6) is 0.846. The lowest BCUT2D eigenvalue weighted by Crippen LogP contribution is -2.27. The van der Waals surface area contributed by atoms with Crippen LogP contribution in [0.2, 0.25) is 0 Å². The van der Waals surface area contributed by atoms with E-state index in [1.807, 2.05) is 6.92 Å². The number of anilines is 1. The fourth-order valence-corrected chi connectivity index (χ4v) is 2.48. The van der Waals surface area contributed by atoms with Crippen LogP contribution in [0, 0.1) is 6.92 Å². The zero-order valence-corrected chi connectivity index (χ0v) is 15.6. The summed E-state index contributed by atoms with van der Waals surface area (Å²) in [4.78, 5) is 21.5. The first kappa shape index (κ1) is 20.4. The van der Waals surface area contributed by atoms with Gasteiger partial charge >= 0.3 is 6.09 Å². The number of rotatable bonds is 5. The normalized spacial score (nSPS) is 15.9. The Bertz CT molecular complexity index is 748. The molecule has 0 saturated carbocycles. The number of H-pyrrole nitrogens is 1. The maximum Gasteiger partial charge on any atom is 0.404 e. The summed E-state index contributed by atoms with van der Waals surface area (Å²) < 4.78 is 10.5. The molecule has 3 heterocycles. The molecule has 0 spiro atoms. The average molecular weight is 379 g/mol. The Kier molecular flexibility index (Phi) is 7.35. The van der Waals surface area contributed by atoms with Crippen LogP contribution in [0.15, 0.2) is 16.7 Å². The first-order valence-electron chi connectivity index (χ1n) is 8.72. The molecule has 0 aromatic carbocycles. The van der Waals surface area contributed by atoms with Gasteiger partial charge in [0.2, 0.25) is 5.91 Å². The molecule has 1 aliphatic heterocycles. The second kappa shape index (κ2) is 9.72. The number of aromatic amines is 1. The minimum absolute atomic E-state index is 0.0255. The first-order valence-corrected chi connectivity index (χ1v) is 8.72. The van der Waals surface area contributed by atoms with Gasteiger partial charge in [0.05, 0.1) is 23.9 Å². The molecule has 2 amide bonds. The van der Waals surface area contributed by atoms with Crippen molar-refractivity contribution in [2.75, 3.05) is 11.9 Å². The van der Waals surface area contributed by atoms with Crippen molar-refractivity contribution in [3.63, 3.8) is 0 Å². The highest BCUT2D eigenvalue weighted by Gasteiger charge is 2.20. The molecule has 1 unspecified atom stereocenters. The van der Waals surface area contributed by atoms with Gasteiger partial charge in [-0.2, -0.15) is 5.10 Å². The van der Waals surface area contributed by atoms with Crippen molar-refractivity contribution in [2.24, 2.45) is 0 Å². The molecule has 1 atom stereocenters. The van der Waals surface area contributed by atoms with E-state index in [0.717, 1.165) is 30.8 Å². The summed E-state index contributed by atoms with van der Waals surface area (Å²) in [6, 6.07) is 3.57. The van der Waals surface area contributed by atoms with Gasteiger partial charge in [-0.3, -0.25) is 9.89 Å². The summed E-state index contributed by atoms with van der Waals surface area (Å²) >= 11 is 0. The molecule has 10 heteroatoms. The molecule has 1 saturated heterocycles.